The highest BCUT2D eigenvalue weighted by Crippen LogP contribution is 2.52. The number of aromatic hydroxyl groups is 1. The minimum Gasteiger partial charge on any atom is -0.508 e. The van der Waals surface area contributed by atoms with Gasteiger partial charge >= 0.3 is 5.97 Å². The maximum atomic E-state index is 14.1. The topological polar surface area (TPSA) is 114 Å². The van der Waals surface area contributed by atoms with Gasteiger partial charge in [-0.15, -0.1) is 11.3 Å². The fraction of sp³-hybridized carbons (Fsp3) is 0.296. The van der Waals surface area contributed by atoms with Crippen LogP contribution in [0.25, 0.3) is 0 Å². The van der Waals surface area contributed by atoms with Gasteiger partial charge in [0.15, 0.2) is 11.5 Å². The van der Waals surface area contributed by atoms with Crippen LogP contribution in [0.1, 0.15) is 16.5 Å². The zero-order chi connectivity index (χ0) is 25.7. The van der Waals surface area contributed by atoms with Crippen molar-refractivity contribution in [3.63, 3.8) is 0 Å². The van der Waals surface area contributed by atoms with Gasteiger partial charge in [0.05, 0.1) is 30.7 Å². The highest BCUT2D eigenvalue weighted by atomic mass is 32.1. The number of carbonyl (C=O) groups excluding carboxylic acids is 3. The smallest absolute Gasteiger partial charge is 0.327 e. The summed E-state index contributed by atoms with van der Waals surface area (Å²) in [5.41, 5.74) is -0.429. The first-order valence-electron chi connectivity index (χ1n) is 11.9. The van der Waals surface area contributed by atoms with E-state index < -0.39 is 41.2 Å². The Bertz CT molecular complexity index is 1370. The van der Waals surface area contributed by atoms with Gasteiger partial charge in [-0.2, -0.15) is 0 Å². The summed E-state index contributed by atoms with van der Waals surface area (Å²) in [6, 6.07) is 14.6. The van der Waals surface area contributed by atoms with E-state index >= 15 is 0 Å². The van der Waals surface area contributed by atoms with Gasteiger partial charge in [-0.1, -0.05) is 18.2 Å². The Labute approximate surface area is 216 Å². The molecule has 2 aromatic carbocycles. The average Bonchev–Trinajstić information content (AvgIpc) is 3.62. The number of methoxy groups -OCH3 is 1. The predicted molar refractivity (Wildman–Crippen MR) is 134 cm³/mol. The number of imide groups is 1. The first-order chi connectivity index (χ1) is 17.9. The van der Waals surface area contributed by atoms with Crippen molar-refractivity contribution in [2.45, 2.75) is 18.0 Å². The van der Waals surface area contributed by atoms with E-state index in [0.717, 1.165) is 9.78 Å². The summed E-state index contributed by atoms with van der Waals surface area (Å²) in [5, 5.41) is 15.0. The first kappa shape index (κ1) is 23.5. The zero-order valence-electron chi connectivity index (χ0n) is 19.9. The molecule has 2 fully saturated rings. The van der Waals surface area contributed by atoms with Crippen molar-refractivity contribution in [1.29, 1.82) is 0 Å². The van der Waals surface area contributed by atoms with Crippen molar-refractivity contribution in [1.82, 2.24) is 5.32 Å². The van der Waals surface area contributed by atoms with Gasteiger partial charge in [-0.3, -0.25) is 19.7 Å². The molecular weight excluding hydrogens is 496 g/mol. The van der Waals surface area contributed by atoms with Crippen molar-refractivity contribution in [2.75, 3.05) is 25.2 Å². The molecule has 190 valence electrons. The number of hydrogen-bond acceptors (Lipinski definition) is 9. The number of rotatable bonds is 5. The van der Waals surface area contributed by atoms with Crippen LogP contribution < -0.4 is 19.7 Å². The van der Waals surface area contributed by atoms with Crippen molar-refractivity contribution >= 4 is 34.8 Å². The fourth-order valence-corrected chi connectivity index (χ4v) is 6.50. The van der Waals surface area contributed by atoms with Gasteiger partial charge < -0.3 is 19.3 Å². The van der Waals surface area contributed by atoms with E-state index in [2.05, 4.69) is 5.32 Å². The summed E-state index contributed by atoms with van der Waals surface area (Å²) < 4.78 is 16.5. The molecule has 3 aliphatic heterocycles. The SMILES string of the molecule is COC(=O)[C@@]1(Cc2ccc(O)cc2)N[C@@H](c2cccs2)[C@H]2C(=O)N(c3ccc4c(c3)OCCO4)C(=O)[C@H]21. The standard InChI is InChI=1S/C27H24N2O7S/c1-34-26(33)27(14-15-4-7-17(30)8-5-15)22-21(23(28-27)20-3-2-12-37-20)24(31)29(25(22)32)16-6-9-18-19(13-16)36-11-10-35-18/h2-9,12-13,21-23,28,30H,10-11,14H2,1H3/t21-,22-,23-,27-/m0/s1. The van der Waals surface area contributed by atoms with Gasteiger partial charge in [0.25, 0.3) is 0 Å². The molecule has 37 heavy (non-hydrogen) atoms. The van der Waals surface area contributed by atoms with Crippen LogP contribution in [0.3, 0.4) is 0 Å². The zero-order valence-corrected chi connectivity index (χ0v) is 20.7. The van der Waals surface area contributed by atoms with Gasteiger partial charge in [0.1, 0.15) is 24.5 Å². The lowest BCUT2D eigenvalue weighted by Crippen LogP contribution is -2.57. The third kappa shape index (κ3) is 3.67. The number of benzene rings is 2. The Morgan fingerprint density at radius 3 is 2.57 bits per heavy atom. The number of ether oxygens (including phenoxy) is 3. The maximum Gasteiger partial charge on any atom is 0.327 e. The highest BCUT2D eigenvalue weighted by molar-refractivity contribution is 7.10. The molecule has 10 heteroatoms. The summed E-state index contributed by atoms with van der Waals surface area (Å²) >= 11 is 1.45. The molecule has 2 N–H and O–H groups in total. The highest BCUT2D eigenvalue weighted by Gasteiger charge is 2.69. The monoisotopic (exact) mass is 520 g/mol. The van der Waals surface area contributed by atoms with Gasteiger partial charge in [0.2, 0.25) is 11.8 Å². The second-order valence-corrected chi connectivity index (χ2v) is 10.3. The first-order valence-corrected chi connectivity index (χ1v) is 12.8. The molecule has 0 saturated carbocycles. The minimum absolute atomic E-state index is 0.0847. The minimum atomic E-state index is -1.50. The number of nitrogens with one attached hydrogen (secondary N) is 1. The molecule has 2 amide bonds. The maximum absolute atomic E-state index is 14.1. The van der Waals surface area contributed by atoms with Crippen LogP contribution in [-0.2, 0) is 25.5 Å². The van der Waals surface area contributed by atoms with Gasteiger partial charge in [0, 0.05) is 17.4 Å². The molecule has 0 unspecified atom stereocenters. The van der Waals surface area contributed by atoms with E-state index in [0.29, 0.717) is 36.0 Å². The van der Waals surface area contributed by atoms with Crippen molar-refractivity contribution < 1.29 is 33.7 Å². The van der Waals surface area contributed by atoms with Gasteiger partial charge in [-0.25, -0.2) is 4.90 Å². The lowest BCUT2D eigenvalue weighted by Gasteiger charge is -2.32. The van der Waals surface area contributed by atoms with Crippen molar-refractivity contribution in [3.05, 3.63) is 70.4 Å². The molecule has 1 aromatic heterocycles. The third-order valence-corrected chi connectivity index (χ3v) is 8.21. The summed E-state index contributed by atoms with van der Waals surface area (Å²) in [5.74, 6) is -2.25. The summed E-state index contributed by atoms with van der Waals surface area (Å²) in [6.07, 6.45) is 0.0942. The van der Waals surface area contributed by atoms with Crippen LogP contribution >= 0.6 is 11.3 Å². The third-order valence-electron chi connectivity index (χ3n) is 7.26. The normalized spacial score (nSPS) is 26.3. The van der Waals surface area contributed by atoms with Crippen LogP contribution in [-0.4, -0.2) is 48.8 Å². The number of hydrogen-bond donors (Lipinski definition) is 2. The van der Waals surface area contributed by atoms with Crippen LogP contribution in [0.4, 0.5) is 5.69 Å². The number of fused-ring (bicyclic) bond motifs is 2. The summed E-state index contributed by atoms with van der Waals surface area (Å²) in [4.78, 5) is 43.6. The molecule has 2 saturated heterocycles. The molecule has 9 nitrogen and oxygen atoms in total. The van der Waals surface area contributed by atoms with E-state index in [1.54, 1.807) is 30.3 Å². The number of esters is 1. The summed E-state index contributed by atoms with van der Waals surface area (Å²) in [6.45, 7) is 0.789. The number of phenols is 1. The Balaban J connectivity index is 1.47. The quantitative estimate of drug-likeness (QED) is 0.390. The molecule has 0 spiro atoms. The Kier molecular flexibility index (Phi) is 5.65. The van der Waals surface area contributed by atoms with Crippen molar-refractivity contribution in [2.24, 2.45) is 11.8 Å². The van der Waals surface area contributed by atoms with E-state index in [-0.39, 0.29) is 12.2 Å². The van der Waals surface area contributed by atoms with E-state index in [1.807, 2.05) is 17.5 Å². The molecule has 6 rings (SSSR count). The van der Waals surface area contributed by atoms with Crippen LogP contribution in [0.15, 0.2) is 60.0 Å². The number of nitrogens with zero attached hydrogens (tertiary/aromatic N) is 1. The molecular formula is C27H24N2O7S. The largest absolute Gasteiger partial charge is 0.508 e. The number of carbonyl (C=O) groups is 3. The fourth-order valence-electron chi connectivity index (χ4n) is 5.68. The molecule has 3 aliphatic rings. The molecule has 4 atom stereocenters. The Morgan fingerprint density at radius 1 is 1.11 bits per heavy atom. The Morgan fingerprint density at radius 2 is 1.86 bits per heavy atom. The summed E-state index contributed by atoms with van der Waals surface area (Å²) in [7, 11) is 1.27. The number of phenolic OH excluding ortho intramolecular Hbond substituents is 1. The van der Waals surface area contributed by atoms with E-state index in [1.165, 1.54) is 30.6 Å². The second kappa shape index (κ2) is 8.89. The molecule has 0 bridgehead atoms. The van der Waals surface area contributed by atoms with Crippen molar-refractivity contribution in [3.8, 4) is 17.2 Å². The molecule has 3 aromatic rings. The number of thiophene rings is 1. The lowest BCUT2D eigenvalue weighted by molar-refractivity contribution is -0.152. The van der Waals surface area contributed by atoms with Crippen LogP contribution in [0, 0.1) is 11.8 Å². The Hall–Kier alpha value is -3.89. The van der Waals surface area contributed by atoms with Crippen LogP contribution in [0.2, 0.25) is 0 Å². The second-order valence-electron chi connectivity index (χ2n) is 9.29. The van der Waals surface area contributed by atoms with E-state index in [4.69, 9.17) is 14.2 Å². The van der Waals surface area contributed by atoms with E-state index in [9.17, 15) is 19.5 Å². The van der Waals surface area contributed by atoms with Crippen LogP contribution in [0.5, 0.6) is 17.2 Å². The molecule has 4 heterocycles. The molecule has 0 aliphatic carbocycles. The van der Waals surface area contributed by atoms with Gasteiger partial charge in [-0.05, 0) is 41.3 Å². The number of amides is 2. The average molecular weight is 521 g/mol. The lowest BCUT2D eigenvalue weighted by atomic mass is 9.76. The predicted octanol–water partition coefficient (Wildman–Crippen LogP) is 2.83. The number of anilines is 1. The molecule has 0 radical (unpaired) electrons.